The highest BCUT2D eigenvalue weighted by Gasteiger charge is 2.31. The monoisotopic (exact) mass is 292 g/mol. The van der Waals surface area contributed by atoms with E-state index in [9.17, 15) is 4.79 Å². The molecular formula is C17H16N4O. The largest absolute Gasteiger partial charge is 0.363 e. The first-order chi connectivity index (χ1) is 10.8. The molecule has 1 aliphatic rings. The molecule has 1 unspecified atom stereocenters. The smallest absolute Gasteiger partial charge is 0.274 e. The number of carbonyl (C=O) groups is 1. The second-order valence-corrected chi connectivity index (χ2v) is 5.53. The molecule has 0 spiro atoms. The fourth-order valence-corrected chi connectivity index (χ4v) is 3.09. The topological polar surface area (TPSA) is 61.9 Å². The van der Waals surface area contributed by atoms with Gasteiger partial charge in [-0.1, -0.05) is 12.1 Å². The Morgan fingerprint density at radius 3 is 2.86 bits per heavy atom. The molecule has 110 valence electrons. The summed E-state index contributed by atoms with van der Waals surface area (Å²) in [5.41, 5.74) is 3.06. The van der Waals surface area contributed by atoms with Crippen molar-refractivity contribution in [3.05, 3.63) is 60.2 Å². The van der Waals surface area contributed by atoms with E-state index >= 15 is 0 Å². The van der Waals surface area contributed by atoms with Crippen LogP contribution in [0.4, 0.5) is 0 Å². The van der Waals surface area contributed by atoms with Gasteiger partial charge in [-0.3, -0.25) is 9.78 Å². The lowest BCUT2D eigenvalue weighted by Gasteiger charge is -2.23. The molecule has 0 radical (unpaired) electrons. The van der Waals surface area contributed by atoms with Crippen molar-refractivity contribution in [3.8, 4) is 0 Å². The zero-order valence-corrected chi connectivity index (χ0v) is 12.1. The van der Waals surface area contributed by atoms with Crippen molar-refractivity contribution >= 4 is 16.9 Å². The van der Waals surface area contributed by atoms with Crippen LogP contribution in [-0.2, 0) is 0 Å². The number of nitrogens with one attached hydrogen (secondary N) is 1. The minimum atomic E-state index is -0.0460. The number of nitrogens with zero attached hydrogens (tertiary/aromatic N) is 3. The standard InChI is InChI=1S/C17H16N4O/c22-17(15-11-19-12-5-1-2-6-13(12)20-15)21-10-4-8-16(21)14-7-3-9-18-14/h1-3,5-7,9,11,16,18H,4,8,10H2. The zero-order valence-electron chi connectivity index (χ0n) is 12.1. The lowest BCUT2D eigenvalue weighted by molar-refractivity contribution is 0.0727. The van der Waals surface area contributed by atoms with E-state index in [0.717, 1.165) is 36.1 Å². The molecule has 1 saturated heterocycles. The Bertz CT molecular complexity index is 812. The lowest BCUT2D eigenvalue weighted by atomic mass is 10.1. The Morgan fingerprint density at radius 1 is 1.18 bits per heavy atom. The minimum Gasteiger partial charge on any atom is -0.363 e. The SMILES string of the molecule is O=C(c1cnc2ccccc2n1)N1CCCC1c1ccc[nH]1. The van der Waals surface area contributed by atoms with E-state index in [1.54, 1.807) is 6.20 Å². The number of fused-ring (bicyclic) bond motifs is 1. The minimum absolute atomic E-state index is 0.0460. The van der Waals surface area contributed by atoms with Crippen molar-refractivity contribution in [2.45, 2.75) is 18.9 Å². The molecule has 1 N–H and O–H groups in total. The number of aromatic amines is 1. The predicted octanol–water partition coefficient (Wildman–Crippen LogP) is 2.94. The van der Waals surface area contributed by atoms with E-state index in [0.29, 0.717) is 5.69 Å². The van der Waals surface area contributed by atoms with Crippen molar-refractivity contribution in [1.82, 2.24) is 19.9 Å². The fourth-order valence-electron chi connectivity index (χ4n) is 3.09. The number of hydrogen-bond donors (Lipinski definition) is 1. The van der Waals surface area contributed by atoms with Crippen LogP contribution in [0.25, 0.3) is 11.0 Å². The van der Waals surface area contributed by atoms with Crippen molar-refractivity contribution in [1.29, 1.82) is 0 Å². The maximum absolute atomic E-state index is 12.8. The summed E-state index contributed by atoms with van der Waals surface area (Å²) in [6.45, 7) is 0.761. The molecule has 1 fully saturated rings. The van der Waals surface area contributed by atoms with Gasteiger partial charge in [0.25, 0.3) is 5.91 Å². The highest BCUT2D eigenvalue weighted by Crippen LogP contribution is 2.31. The molecule has 1 amide bonds. The van der Waals surface area contributed by atoms with Gasteiger partial charge in [-0.25, -0.2) is 4.98 Å². The van der Waals surface area contributed by atoms with Gasteiger partial charge in [-0.15, -0.1) is 0 Å². The summed E-state index contributed by atoms with van der Waals surface area (Å²) >= 11 is 0. The van der Waals surface area contributed by atoms with Crippen LogP contribution in [0.2, 0.25) is 0 Å². The Labute approximate surface area is 128 Å². The molecule has 1 aromatic carbocycles. The van der Waals surface area contributed by atoms with Crippen molar-refractivity contribution in [2.75, 3.05) is 6.54 Å². The highest BCUT2D eigenvalue weighted by molar-refractivity contribution is 5.94. The average Bonchev–Trinajstić information content (AvgIpc) is 3.24. The molecule has 1 atom stereocenters. The lowest BCUT2D eigenvalue weighted by Crippen LogP contribution is -2.31. The summed E-state index contributed by atoms with van der Waals surface area (Å²) in [7, 11) is 0. The van der Waals surface area contributed by atoms with E-state index in [2.05, 4.69) is 15.0 Å². The first-order valence-electron chi connectivity index (χ1n) is 7.49. The molecule has 3 aromatic rings. The van der Waals surface area contributed by atoms with Crippen LogP contribution in [0.1, 0.15) is 35.1 Å². The van der Waals surface area contributed by atoms with Crippen LogP contribution in [0.15, 0.2) is 48.8 Å². The molecule has 0 bridgehead atoms. The van der Waals surface area contributed by atoms with Gasteiger partial charge < -0.3 is 9.88 Å². The molecule has 0 saturated carbocycles. The Morgan fingerprint density at radius 2 is 2.05 bits per heavy atom. The number of para-hydroxylation sites is 2. The van der Waals surface area contributed by atoms with Crippen LogP contribution in [0.5, 0.6) is 0 Å². The number of aromatic nitrogens is 3. The molecule has 22 heavy (non-hydrogen) atoms. The van der Waals surface area contributed by atoms with Gasteiger partial charge in [-0.05, 0) is 37.1 Å². The molecule has 3 heterocycles. The van der Waals surface area contributed by atoms with Gasteiger partial charge in [0.2, 0.25) is 0 Å². The molecule has 5 heteroatoms. The number of benzene rings is 1. The van der Waals surface area contributed by atoms with E-state index in [1.807, 2.05) is 47.5 Å². The second-order valence-electron chi connectivity index (χ2n) is 5.53. The third kappa shape index (κ3) is 2.15. The van der Waals surface area contributed by atoms with Gasteiger partial charge in [0.15, 0.2) is 0 Å². The van der Waals surface area contributed by atoms with Crippen LogP contribution < -0.4 is 0 Å². The van der Waals surface area contributed by atoms with Gasteiger partial charge in [0, 0.05) is 18.4 Å². The van der Waals surface area contributed by atoms with E-state index in [4.69, 9.17) is 0 Å². The Hall–Kier alpha value is -2.69. The maximum Gasteiger partial charge on any atom is 0.274 e. The molecule has 1 aliphatic heterocycles. The molecule has 0 aliphatic carbocycles. The fraction of sp³-hybridized carbons (Fsp3) is 0.235. The molecule has 4 rings (SSSR count). The van der Waals surface area contributed by atoms with Crippen molar-refractivity contribution in [3.63, 3.8) is 0 Å². The first-order valence-corrected chi connectivity index (χ1v) is 7.49. The van der Waals surface area contributed by atoms with E-state index in [-0.39, 0.29) is 11.9 Å². The normalized spacial score (nSPS) is 18.0. The number of amides is 1. The molecule has 5 nitrogen and oxygen atoms in total. The zero-order chi connectivity index (χ0) is 14.9. The Balaban J connectivity index is 1.67. The average molecular weight is 292 g/mol. The van der Waals surface area contributed by atoms with Gasteiger partial charge >= 0.3 is 0 Å². The third-order valence-corrected chi connectivity index (χ3v) is 4.16. The van der Waals surface area contributed by atoms with Gasteiger partial charge in [0.1, 0.15) is 5.69 Å². The summed E-state index contributed by atoms with van der Waals surface area (Å²) in [6.07, 6.45) is 5.46. The van der Waals surface area contributed by atoms with Gasteiger partial charge in [0.05, 0.1) is 23.3 Å². The predicted molar refractivity (Wildman–Crippen MR) is 83.3 cm³/mol. The quantitative estimate of drug-likeness (QED) is 0.790. The number of likely N-dealkylation sites (tertiary alicyclic amines) is 1. The number of carbonyl (C=O) groups excluding carboxylic acids is 1. The summed E-state index contributed by atoms with van der Waals surface area (Å²) < 4.78 is 0. The highest BCUT2D eigenvalue weighted by atomic mass is 16.2. The maximum atomic E-state index is 12.8. The number of rotatable bonds is 2. The van der Waals surface area contributed by atoms with Gasteiger partial charge in [-0.2, -0.15) is 0 Å². The summed E-state index contributed by atoms with van der Waals surface area (Å²) in [5.74, 6) is -0.0460. The van der Waals surface area contributed by atoms with E-state index in [1.165, 1.54) is 0 Å². The van der Waals surface area contributed by atoms with Crippen molar-refractivity contribution < 1.29 is 4.79 Å². The third-order valence-electron chi connectivity index (χ3n) is 4.16. The van der Waals surface area contributed by atoms with Crippen molar-refractivity contribution in [2.24, 2.45) is 0 Å². The van der Waals surface area contributed by atoms with Crippen LogP contribution in [0.3, 0.4) is 0 Å². The molecular weight excluding hydrogens is 276 g/mol. The first kappa shape index (κ1) is 13.0. The molecule has 2 aromatic heterocycles. The summed E-state index contributed by atoms with van der Waals surface area (Å²) in [5, 5.41) is 0. The van der Waals surface area contributed by atoms with E-state index < -0.39 is 0 Å². The Kier molecular flexibility index (Phi) is 3.11. The summed E-state index contributed by atoms with van der Waals surface area (Å²) in [4.78, 5) is 26.7. The van der Waals surface area contributed by atoms with Crippen LogP contribution in [-0.4, -0.2) is 32.3 Å². The number of hydrogen-bond acceptors (Lipinski definition) is 3. The summed E-state index contributed by atoms with van der Waals surface area (Å²) in [6, 6.07) is 11.7. The van der Waals surface area contributed by atoms with Crippen LogP contribution >= 0.6 is 0 Å². The number of H-pyrrole nitrogens is 1. The van der Waals surface area contributed by atoms with Crippen LogP contribution in [0, 0.1) is 0 Å². The second kappa shape index (κ2) is 5.26.